The van der Waals surface area contributed by atoms with Gasteiger partial charge in [-0.1, -0.05) is 32.9 Å². The van der Waals surface area contributed by atoms with E-state index in [0.29, 0.717) is 16.5 Å². The van der Waals surface area contributed by atoms with Crippen molar-refractivity contribution in [1.29, 1.82) is 0 Å². The average Bonchev–Trinajstić information content (AvgIpc) is 2.45. The van der Waals surface area contributed by atoms with Crippen LogP contribution in [0.4, 0.5) is 5.69 Å². The van der Waals surface area contributed by atoms with Gasteiger partial charge in [-0.3, -0.25) is 0 Å². The van der Waals surface area contributed by atoms with Crippen LogP contribution in [0, 0.1) is 0 Å². The third-order valence-corrected chi connectivity index (χ3v) is 5.91. The van der Waals surface area contributed by atoms with E-state index in [0.717, 1.165) is 12.8 Å². The van der Waals surface area contributed by atoms with Gasteiger partial charge in [0.1, 0.15) is 0 Å². The van der Waals surface area contributed by atoms with Gasteiger partial charge in [0, 0.05) is 5.88 Å². The summed E-state index contributed by atoms with van der Waals surface area (Å²) in [4.78, 5) is 0.355. The van der Waals surface area contributed by atoms with Crippen molar-refractivity contribution in [1.82, 2.24) is 0 Å². The Kier molecular flexibility index (Phi) is 5.68. The lowest BCUT2D eigenvalue weighted by molar-refractivity contribution is 0.483. The van der Waals surface area contributed by atoms with Crippen LogP contribution in [0.3, 0.4) is 0 Å². The largest absolute Gasteiger partial charge is 0.377 e. The van der Waals surface area contributed by atoms with E-state index < -0.39 is 9.84 Å². The van der Waals surface area contributed by atoms with Crippen LogP contribution in [0.25, 0.3) is 0 Å². The molecule has 0 aliphatic heterocycles. The van der Waals surface area contributed by atoms with E-state index in [1.807, 2.05) is 6.07 Å². The first kappa shape index (κ1) is 16.3. The Morgan fingerprint density at radius 1 is 1.16 bits per heavy atom. The molecule has 1 N–H and O–H groups in total. The van der Waals surface area contributed by atoms with E-state index in [4.69, 9.17) is 11.6 Å². The monoisotopic (exact) mass is 303 g/mol. The number of sulfone groups is 1. The zero-order chi connectivity index (χ0) is 14.5. The number of anilines is 1. The molecule has 0 aliphatic rings. The second kappa shape index (κ2) is 6.62. The minimum Gasteiger partial charge on any atom is -0.377 e. The van der Waals surface area contributed by atoms with E-state index >= 15 is 0 Å². The summed E-state index contributed by atoms with van der Waals surface area (Å²) in [6, 6.07) is 7.02. The summed E-state index contributed by atoms with van der Waals surface area (Å²) in [6.45, 7) is 5.76. The number of nitrogens with one attached hydrogen (secondary N) is 1. The molecule has 19 heavy (non-hydrogen) atoms. The lowest BCUT2D eigenvalue weighted by Crippen LogP contribution is -2.39. The molecule has 1 aromatic carbocycles. The molecule has 3 nitrogen and oxygen atoms in total. The first-order valence-corrected chi connectivity index (χ1v) is 8.79. The number of para-hydroxylation sites is 1. The van der Waals surface area contributed by atoms with Gasteiger partial charge in [-0.25, -0.2) is 8.42 Å². The molecule has 108 valence electrons. The lowest BCUT2D eigenvalue weighted by atomic mass is 9.95. The standard InChI is InChI=1S/C14H22ClNO2S/c1-4-14(5-2,11-15)16-12-9-7-8-10-13(12)19(17,18)6-3/h7-10,16H,4-6,11H2,1-3H3. The molecule has 0 bridgehead atoms. The maximum Gasteiger partial charge on any atom is 0.180 e. The highest BCUT2D eigenvalue weighted by Gasteiger charge is 2.27. The zero-order valence-corrected chi connectivity index (χ0v) is 13.3. The van der Waals surface area contributed by atoms with E-state index in [1.54, 1.807) is 25.1 Å². The highest BCUT2D eigenvalue weighted by molar-refractivity contribution is 7.91. The van der Waals surface area contributed by atoms with Crippen LogP contribution in [0.5, 0.6) is 0 Å². The summed E-state index contributed by atoms with van der Waals surface area (Å²) in [6.07, 6.45) is 1.68. The zero-order valence-electron chi connectivity index (χ0n) is 11.7. The molecular formula is C14H22ClNO2S. The number of rotatable bonds is 7. The van der Waals surface area contributed by atoms with Crippen molar-refractivity contribution in [2.24, 2.45) is 0 Å². The molecule has 1 aromatic rings. The molecule has 0 saturated carbocycles. The molecule has 0 spiro atoms. The molecule has 0 atom stereocenters. The number of hydrogen-bond acceptors (Lipinski definition) is 3. The number of alkyl halides is 1. The quantitative estimate of drug-likeness (QED) is 0.781. The molecule has 0 amide bonds. The Morgan fingerprint density at radius 3 is 2.21 bits per heavy atom. The van der Waals surface area contributed by atoms with E-state index in [-0.39, 0.29) is 11.3 Å². The maximum atomic E-state index is 12.1. The first-order chi connectivity index (χ1) is 8.94. The minimum atomic E-state index is -3.23. The fourth-order valence-corrected chi connectivity index (χ4v) is 3.43. The molecule has 0 aliphatic carbocycles. The Bertz CT molecular complexity index is 502. The van der Waals surface area contributed by atoms with Gasteiger partial charge in [0.05, 0.1) is 21.9 Å². The van der Waals surface area contributed by atoms with Crippen molar-refractivity contribution in [3.8, 4) is 0 Å². The molecule has 0 fully saturated rings. The Labute approximate surface area is 121 Å². The van der Waals surface area contributed by atoms with Crippen molar-refractivity contribution in [2.45, 2.75) is 44.0 Å². The number of benzene rings is 1. The third kappa shape index (κ3) is 3.63. The van der Waals surface area contributed by atoms with E-state index in [9.17, 15) is 8.42 Å². The summed E-state index contributed by atoms with van der Waals surface area (Å²) < 4.78 is 24.2. The van der Waals surface area contributed by atoms with Crippen LogP contribution in [-0.2, 0) is 9.84 Å². The Hall–Kier alpha value is -0.740. The minimum absolute atomic E-state index is 0.0951. The van der Waals surface area contributed by atoms with Crippen LogP contribution in [0.2, 0.25) is 0 Å². The second-order valence-corrected chi connectivity index (χ2v) is 7.16. The average molecular weight is 304 g/mol. The van der Waals surface area contributed by atoms with Gasteiger partial charge >= 0.3 is 0 Å². The van der Waals surface area contributed by atoms with Gasteiger partial charge in [0.25, 0.3) is 0 Å². The summed E-state index contributed by atoms with van der Waals surface area (Å²) in [7, 11) is -3.23. The van der Waals surface area contributed by atoms with E-state index in [2.05, 4.69) is 19.2 Å². The second-order valence-electron chi connectivity index (χ2n) is 4.65. The van der Waals surface area contributed by atoms with Crippen molar-refractivity contribution in [3.05, 3.63) is 24.3 Å². The SMILES string of the molecule is CCC(CC)(CCl)Nc1ccccc1S(=O)(=O)CC. The first-order valence-electron chi connectivity index (χ1n) is 6.60. The van der Waals surface area contributed by atoms with Crippen LogP contribution >= 0.6 is 11.6 Å². The molecule has 0 heterocycles. The third-order valence-electron chi connectivity index (χ3n) is 3.61. The van der Waals surface area contributed by atoms with Crippen LogP contribution in [0.1, 0.15) is 33.6 Å². The van der Waals surface area contributed by atoms with Crippen molar-refractivity contribution < 1.29 is 8.42 Å². The molecule has 0 radical (unpaired) electrons. The van der Waals surface area contributed by atoms with Gasteiger partial charge in [-0.15, -0.1) is 11.6 Å². The topological polar surface area (TPSA) is 46.2 Å². The Balaban J connectivity index is 3.22. The summed E-state index contributed by atoms with van der Waals surface area (Å²) >= 11 is 6.06. The van der Waals surface area contributed by atoms with Crippen molar-refractivity contribution >= 4 is 27.1 Å². The fourth-order valence-electron chi connectivity index (χ4n) is 1.93. The van der Waals surface area contributed by atoms with E-state index in [1.165, 1.54) is 0 Å². The lowest BCUT2D eigenvalue weighted by Gasteiger charge is -2.32. The molecule has 0 aromatic heterocycles. The molecule has 0 saturated heterocycles. The van der Waals surface area contributed by atoms with Gasteiger partial charge < -0.3 is 5.32 Å². The highest BCUT2D eigenvalue weighted by Crippen LogP contribution is 2.29. The molecule has 1 rings (SSSR count). The normalized spacial score (nSPS) is 12.4. The fraction of sp³-hybridized carbons (Fsp3) is 0.571. The van der Waals surface area contributed by atoms with Crippen molar-refractivity contribution in [3.63, 3.8) is 0 Å². The predicted octanol–water partition coefficient (Wildman–Crippen LogP) is 3.69. The van der Waals surface area contributed by atoms with Gasteiger partial charge in [-0.2, -0.15) is 0 Å². The van der Waals surface area contributed by atoms with Crippen LogP contribution < -0.4 is 5.32 Å². The summed E-state index contributed by atoms with van der Waals surface area (Å²) in [5.41, 5.74) is 0.384. The molecular weight excluding hydrogens is 282 g/mol. The smallest absolute Gasteiger partial charge is 0.180 e. The number of hydrogen-bond donors (Lipinski definition) is 1. The molecule has 5 heteroatoms. The van der Waals surface area contributed by atoms with Crippen LogP contribution in [0.15, 0.2) is 29.2 Å². The van der Waals surface area contributed by atoms with Gasteiger partial charge in [0.15, 0.2) is 9.84 Å². The summed E-state index contributed by atoms with van der Waals surface area (Å²) in [5, 5.41) is 3.34. The van der Waals surface area contributed by atoms with Gasteiger partial charge in [-0.05, 0) is 25.0 Å². The van der Waals surface area contributed by atoms with Crippen LogP contribution in [-0.4, -0.2) is 25.6 Å². The predicted molar refractivity (Wildman–Crippen MR) is 81.8 cm³/mol. The summed E-state index contributed by atoms with van der Waals surface area (Å²) in [5.74, 6) is 0.540. The highest BCUT2D eigenvalue weighted by atomic mass is 35.5. The van der Waals surface area contributed by atoms with Crippen molar-refractivity contribution in [2.75, 3.05) is 16.9 Å². The Morgan fingerprint density at radius 2 is 1.74 bits per heavy atom. The maximum absolute atomic E-state index is 12.1. The number of halogens is 1. The molecule has 0 unspecified atom stereocenters. The van der Waals surface area contributed by atoms with Gasteiger partial charge in [0.2, 0.25) is 0 Å².